The quantitative estimate of drug-likeness (QED) is 0.0505. The molecule has 44 heavy (non-hydrogen) atoms. The summed E-state index contributed by atoms with van der Waals surface area (Å²) in [6.07, 6.45) is 46.6. The summed E-state index contributed by atoms with van der Waals surface area (Å²) in [5, 5.41) is 13.0. The fraction of sp³-hybridized carbons (Fsp3) is 0.486. The molecule has 7 heteroatoms. The standard InChI is InChI=1S/C37H57NO5S/c1-3-5-7-9-11-13-15-16-17-18-19-20-21-22-23-25-27-29-31-33-37(40)38-35(34-44(41,42)43)36(39)32-30-28-26-24-14-12-10-8-6-4-2/h5-8,11,13-14,16-17,19-20,22-24,27,29-30,32,35-36,39H,3-4,9-10,12,15,18,21,25-26,28,31,33-34H2,1-2H3,(H,38,40)(H,41,42,43)/b7-5-,8-6+,13-11-,17-16-,20-19-,23-22-,24-14+,29-27-,32-30+. The van der Waals surface area contributed by atoms with E-state index in [1.807, 2.05) is 12.2 Å². The van der Waals surface area contributed by atoms with Gasteiger partial charge in [-0.2, -0.15) is 8.42 Å². The van der Waals surface area contributed by atoms with Gasteiger partial charge in [-0.25, -0.2) is 0 Å². The molecule has 0 spiro atoms. The summed E-state index contributed by atoms with van der Waals surface area (Å²) in [7, 11) is -4.38. The van der Waals surface area contributed by atoms with Crippen LogP contribution in [-0.4, -0.2) is 41.9 Å². The highest BCUT2D eigenvalue weighted by atomic mass is 32.2. The predicted molar refractivity (Wildman–Crippen MR) is 188 cm³/mol. The molecule has 0 radical (unpaired) electrons. The molecular formula is C37H57NO5S. The highest BCUT2D eigenvalue weighted by molar-refractivity contribution is 7.85. The van der Waals surface area contributed by atoms with Crippen LogP contribution in [0.2, 0.25) is 0 Å². The third kappa shape index (κ3) is 30.5. The maximum Gasteiger partial charge on any atom is 0.267 e. The van der Waals surface area contributed by atoms with Gasteiger partial charge in [-0.1, -0.05) is 123 Å². The van der Waals surface area contributed by atoms with Crippen LogP contribution in [0.15, 0.2) is 109 Å². The Morgan fingerprint density at radius 2 is 0.955 bits per heavy atom. The minimum Gasteiger partial charge on any atom is -0.387 e. The number of amides is 1. The van der Waals surface area contributed by atoms with Crippen molar-refractivity contribution in [2.75, 3.05) is 5.75 Å². The normalized spacial score (nSPS) is 14.9. The molecule has 0 saturated carbocycles. The van der Waals surface area contributed by atoms with E-state index in [9.17, 15) is 22.9 Å². The molecule has 0 aliphatic rings. The first-order valence-electron chi connectivity index (χ1n) is 16.1. The molecule has 0 heterocycles. The van der Waals surface area contributed by atoms with Gasteiger partial charge in [-0.15, -0.1) is 0 Å². The van der Waals surface area contributed by atoms with E-state index in [1.165, 1.54) is 6.08 Å². The summed E-state index contributed by atoms with van der Waals surface area (Å²) in [6.45, 7) is 4.24. The molecule has 0 aromatic rings. The summed E-state index contributed by atoms with van der Waals surface area (Å²) >= 11 is 0. The minimum atomic E-state index is -4.38. The maximum absolute atomic E-state index is 12.4. The third-order valence-electron chi connectivity index (χ3n) is 6.19. The van der Waals surface area contributed by atoms with Crippen molar-refractivity contribution >= 4 is 16.0 Å². The zero-order valence-corrected chi connectivity index (χ0v) is 27.8. The van der Waals surface area contributed by atoms with Gasteiger partial charge < -0.3 is 10.4 Å². The molecule has 0 saturated heterocycles. The highest BCUT2D eigenvalue weighted by Crippen LogP contribution is 2.05. The van der Waals surface area contributed by atoms with Crippen molar-refractivity contribution in [1.29, 1.82) is 0 Å². The summed E-state index contributed by atoms with van der Waals surface area (Å²) in [4.78, 5) is 12.4. The zero-order valence-electron chi connectivity index (χ0n) is 27.0. The lowest BCUT2D eigenvalue weighted by molar-refractivity contribution is -0.122. The Morgan fingerprint density at radius 3 is 1.41 bits per heavy atom. The molecule has 0 aromatic heterocycles. The molecular weight excluding hydrogens is 570 g/mol. The Labute approximate surface area is 268 Å². The van der Waals surface area contributed by atoms with Crippen molar-refractivity contribution in [3.8, 4) is 0 Å². The molecule has 0 aliphatic heterocycles. The van der Waals surface area contributed by atoms with Gasteiger partial charge in [-0.3, -0.25) is 9.35 Å². The average molecular weight is 628 g/mol. The molecule has 0 bridgehead atoms. The summed E-state index contributed by atoms with van der Waals surface area (Å²) in [5.74, 6) is -1.14. The molecule has 3 N–H and O–H groups in total. The predicted octanol–water partition coefficient (Wildman–Crippen LogP) is 8.84. The number of carbonyl (C=O) groups excluding carboxylic acids is 1. The Bertz CT molecular complexity index is 1090. The smallest absolute Gasteiger partial charge is 0.267 e. The third-order valence-corrected chi connectivity index (χ3v) is 6.97. The lowest BCUT2D eigenvalue weighted by Gasteiger charge is -2.20. The van der Waals surface area contributed by atoms with Crippen LogP contribution in [0.5, 0.6) is 0 Å². The van der Waals surface area contributed by atoms with Gasteiger partial charge in [0.05, 0.1) is 17.9 Å². The van der Waals surface area contributed by atoms with Crippen molar-refractivity contribution in [3.05, 3.63) is 109 Å². The van der Waals surface area contributed by atoms with Gasteiger partial charge in [-0.05, 0) is 77.0 Å². The van der Waals surface area contributed by atoms with Crippen molar-refractivity contribution < 1.29 is 22.9 Å². The van der Waals surface area contributed by atoms with Crippen LogP contribution < -0.4 is 5.32 Å². The monoisotopic (exact) mass is 627 g/mol. The molecule has 0 aliphatic carbocycles. The molecule has 0 fully saturated rings. The minimum absolute atomic E-state index is 0.152. The van der Waals surface area contributed by atoms with Gasteiger partial charge in [0.15, 0.2) is 0 Å². The van der Waals surface area contributed by atoms with Gasteiger partial charge in [0.1, 0.15) is 0 Å². The molecule has 2 unspecified atom stereocenters. The Morgan fingerprint density at radius 1 is 0.591 bits per heavy atom. The van der Waals surface area contributed by atoms with E-state index in [4.69, 9.17) is 0 Å². The number of carbonyl (C=O) groups is 1. The van der Waals surface area contributed by atoms with E-state index < -0.39 is 28.0 Å². The van der Waals surface area contributed by atoms with E-state index in [1.54, 1.807) is 6.08 Å². The number of aliphatic hydroxyl groups excluding tert-OH is 1. The second kappa shape index (κ2) is 30.0. The van der Waals surface area contributed by atoms with Crippen LogP contribution in [-0.2, 0) is 14.9 Å². The molecule has 2 atom stereocenters. The van der Waals surface area contributed by atoms with Crippen LogP contribution in [0.4, 0.5) is 0 Å². The number of hydrogen-bond donors (Lipinski definition) is 3. The van der Waals surface area contributed by atoms with Crippen LogP contribution in [0.3, 0.4) is 0 Å². The fourth-order valence-electron chi connectivity index (χ4n) is 3.86. The average Bonchev–Trinajstić information content (AvgIpc) is 2.98. The van der Waals surface area contributed by atoms with E-state index in [2.05, 4.69) is 104 Å². The lowest BCUT2D eigenvalue weighted by Crippen LogP contribution is -2.46. The van der Waals surface area contributed by atoms with Crippen LogP contribution in [0.25, 0.3) is 0 Å². The molecule has 1 amide bonds. The van der Waals surface area contributed by atoms with E-state index >= 15 is 0 Å². The Hall–Kier alpha value is -3.00. The van der Waals surface area contributed by atoms with Crippen LogP contribution in [0, 0.1) is 0 Å². The number of aliphatic hydroxyl groups is 1. The highest BCUT2D eigenvalue weighted by Gasteiger charge is 2.24. The molecule has 246 valence electrons. The first-order chi connectivity index (χ1) is 21.3. The SMILES string of the molecule is CC/C=C\C/C=C\C/C=C\C/C=C\C/C=C\C/C=C\CCC(=O)NC(CS(=O)(=O)O)C(O)/C=C/CC/C=C/CC/C=C/CC. The van der Waals surface area contributed by atoms with Crippen molar-refractivity contribution in [2.45, 2.75) is 109 Å². The number of hydrogen-bond acceptors (Lipinski definition) is 4. The number of rotatable bonds is 26. The van der Waals surface area contributed by atoms with Gasteiger partial charge in [0.25, 0.3) is 10.1 Å². The van der Waals surface area contributed by atoms with Gasteiger partial charge in [0, 0.05) is 6.42 Å². The van der Waals surface area contributed by atoms with Crippen molar-refractivity contribution in [1.82, 2.24) is 5.32 Å². The van der Waals surface area contributed by atoms with Crippen LogP contribution >= 0.6 is 0 Å². The maximum atomic E-state index is 12.4. The zero-order chi connectivity index (χ0) is 32.6. The van der Waals surface area contributed by atoms with Crippen molar-refractivity contribution in [3.63, 3.8) is 0 Å². The molecule has 6 nitrogen and oxygen atoms in total. The Kier molecular flexibility index (Phi) is 28.0. The largest absolute Gasteiger partial charge is 0.387 e. The first kappa shape index (κ1) is 41.0. The van der Waals surface area contributed by atoms with Gasteiger partial charge >= 0.3 is 0 Å². The number of unbranched alkanes of at least 4 members (excludes halogenated alkanes) is 2. The first-order valence-corrected chi connectivity index (χ1v) is 17.7. The summed E-state index contributed by atoms with van der Waals surface area (Å²) in [6, 6.07) is -1.13. The molecule has 0 rings (SSSR count). The lowest BCUT2D eigenvalue weighted by atomic mass is 10.1. The Balaban J connectivity index is 4.27. The fourth-order valence-corrected chi connectivity index (χ4v) is 4.59. The second-order valence-electron chi connectivity index (χ2n) is 10.3. The van der Waals surface area contributed by atoms with Crippen molar-refractivity contribution in [2.24, 2.45) is 0 Å². The van der Waals surface area contributed by atoms with Crippen LogP contribution in [0.1, 0.15) is 97.3 Å². The van der Waals surface area contributed by atoms with E-state index in [0.717, 1.165) is 64.2 Å². The van der Waals surface area contributed by atoms with Gasteiger partial charge in [0.2, 0.25) is 5.91 Å². The van der Waals surface area contributed by atoms with E-state index in [-0.39, 0.29) is 12.3 Å². The molecule has 0 aromatic carbocycles. The summed E-state index contributed by atoms with van der Waals surface area (Å²) in [5.41, 5.74) is 0. The summed E-state index contributed by atoms with van der Waals surface area (Å²) < 4.78 is 32.2. The second-order valence-corrected chi connectivity index (χ2v) is 11.8. The van der Waals surface area contributed by atoms with E-state index in [0.29, 0.717) is 12.8 Å². The topological polar surface area (TPSA) is 104 Å². The number of allylic oxidation sites excluding steroid dienone is 17. The number of nitrogens with one attached hydrogen (secondary N) is 1.